The molecule has 0 bridgehead atoms. The third-order valence-electron chi connectivity index (χ3n) is 3.48. The first kappa shape index (κ1) is 9.47. The molecule has 1 aliphatic carbocycles. The van der Waals surface area contributed by atoms with Crippen LogP contribution in [0.2, 0.25) is 0 Å². The molecule has 1 saturated carbocycles. The Morgan fingerprint density at radius 2 is 1.85 bits per heavy atom. The van der Waals surface area contributed by atoms with E-state index in [2.05, 4.69) is 0 Å². The monoisotopic (exact) mass is 183 g/mol. The van der Waals surface area contributed by atoms with Crippen molar-refractivity contribution in [2.45, 2.75) is 44.6 Å². The molecule has 1 saturated heterocycles. The highest BCUT2D eigenvalue weighted by Gasteiger charge is 2.28. The molecular weight excluding hydrogens is 162 g/mol. The van der Waals surface area contributed by atoms with Crippen LogP contribution in [0.3, 0.4) is 0 Å². The van der Waals surface area contributed by atoms with Gasteiger partial charge in [0.05, 0.1) is 0 Å². The van der Waals surface area contributed by atoms with E-state index in [1.165, 1.54) is 38.5 Å². The average Bonchev–Trinajstić information content (AvgIpc) is 2.99. The summed E-state index contributed by atoms with van der Waals surface area (Å²) in [6, 6.07) is 0.503. The van der Waals surface area contributed by atoms with Crippen molar-refractivity contribution < 1.29 is 4.74 Å². The second kappa shape index (κ2) is 4.43. The Morgan fingerprint density at radius 3 is 2.46 bits per heavy atom. The normalized spacial score (nSPS) is 27.5. The van der Waals surface area contributed by atoms with Gasteiger partial charge in [0, 0.05) is 19.3 Å². The molecule has 2 heteroatoms. The lowest BCUT2D eigenvalue weighted by molar-refractivity contribution is 0.0626. The number of ether oxygens (including phenoxy) is 1. The molecule has 2 aliphatic rings. The summed E-state index contributed by atoms with van der Waals surface area (Å²) in [5.41, 5.74) is 6.06. The summed E-state index contributed by atoms with van der Waals surface area (Å²) in [7, 11) is 0. The molecule has 0 aromatic rings. The van der Waals surface area contributed by atoms with E-state index in [9.17, 15) is 0 Å². The zero-order chi connectivity index (χ0) is 9.10. The zero-order valence-corrected chi connectivity index (χ0v) is 8.37. The number of hydrogen-bond donors (Lipinski definition) is 1. The van der Waals surface area contributed by atoms with Crippen LogP contribution in [0.5, 0.6) is 0 Å². The van der Waals surface area contributed by atoms with Crippen molar-refractivity contribution >= 4 is 0 Å². The van der Waals surface area contributed by atoms with Crippen LogP contribution in [0.15, 0.2) is 0 Å². The largest absolute Gasteiger partial charge is 0.381 e. The molecule has 2 rings (SSSR count). The van der Waals surface area contributed by atoms with Crippen molar-refractivity contribution in [1.29, 1.82) is 0 Å². The molecule has 2 nitrogen and oxygen atoms in total. The fraction of sp³-hybridized carbons (Fsp3) is 1.00. The molecule has 1 atom stereocenters. The molecule has 1 heterocycles. The maximum atomic E-state index is 6.06. The van der Waals surface area contributed by atoms with Crippen LogP contribution in [0.25, 0.3) is 0 Å². The van der Waals surface area contributed by atoms with Crippen LogP contribution in [0, 0.1) is 11.8 Å². The van der Waals surface area contributed by atoms with E-state index in [4.69, 9.17) is 10.5 Å². The third kappa shape index (κ3) is 2.96. The van der Waals surface area contributed by atoms with Gasteiger partial charge in [-0.05, 0) is 50.4 Å². The Morgan fingerprint density at radius 1 is 1.15 bits per heavy atom. The Bertz CT molecular complexity index is 150. The van der Waals surface area contributed by atoms with Gasteiger partial charge in [0.2, 0.25) is 0 Å². The minimum absolute atomic E-state index is 0.503. The standard InChI is InChI=1S/C11H21NO/c12-11(10-2-3-10)4-1-9-5-7-13-8-6-9/h9-11H,1-8,12H2. The first-order valence-corrected chi connectivity index (χ1v) is 5.69. The van der Waals surface area contributed by atoms with Crippen LogP contribution < -0.4 is 5.73 Å². The van der Waals surface area contributed by atoms with E-state index in [-0.39, 0.29) is 0 Å². The Labute approximate surface area is 80.8 Å². The Kier molecular flexibility index (Phi) is 3.23. The van der Waals surface area contributed by atoms with Gasteiger partial charge < -0.3 is 10.5 Å². The fourth-order valence-electron chi connectivity index (χ4n) is 2.22. The summed E-state index contributed by atoms with van der Waals surface area (Å²) in [4.78, 5) is 0. The summed E-state index contributed by atoms with van der Waals surface area (Å²) in [5.74, 6) is 1.78. The third-order valence-corrected chi connectivity index (χ3v) is 3.48. The zero-order valence-electron chi connectivity index (χ0n) is 8.37. The maximum Gasteiger partial charge on any atom is 0.0468 e. The molecular formula is C11H21NO. The van der Waals surface area contributed by atoms with E-state index in [0.717, 1.165) is 25.0 Å². The van der Waals surface area contributed by atoms with Gasteiger partial charge in [-0.15, -0.1) is 0 Å². The molecule has 2 fully saturated rings. The maximum absolute atomic E-state index is 6.06. The Hall–Kier alpha value is -0.0800. The lowest BCUT2D eigenvalue weighted by Crippen LogP contribution is -2.24. The summed E-state index contributed by atoms with van der Waals surface area (Å²) >= 11 is 0. The minimum Gasteiger partial charge on any atom is -0.381 e. The highest BCUT2D eigenvalue weighted by atomic mass is 16.5. The van der Waals surface area contributed by atoms with Gasteiger partial charge in [0.25, 0.3) is 0 Å². The van der Waals surface area contributed by atoms with Crippen molar-refractivity contribution in [2.75, 3.05) is 13.2 Å². The molecule has 76 valence electrons. The van der Waals surface area contributed by atoms with Crippen molar-refractivity contribution in [3.8, 4) is 0 Å². The predicted octanol–water partition coefficient (Wildman–Crippen LogP) is 1.93. The fourth-order valence-corrected chi connectivity index (χ4v) is 2.22. The molecule has 0 amide bonds. The van der Waals surface area contributed by atoms with Gasteiger partial charge in [-0.3, -0.25) is 0 Å². The molecule has 1 aliphatic heterocycles. The predicted molar refractivity (Wildman–Crippen MR) is 53.5 cm³/mol. The van der Waals surface area contributed by atoms with Crippen LogP contribution >= 0.6 is 0 Å². The van der Waals surface area contributed by atoms with Crippen molar-refractivity contribution in [3.63, 3.8) is 0 Å². The molecule has 0 radical (unpaired) electrons. The summed E-state index contributed by atoms with van der Waals surface area (Å²) in [6.45, 7) is 1.95. The summed E-state index contributed by atoms with van der Waals surface area (Å²) in [6.07, 6.45) is 7.87. The second-order valence-electron chi connectivity index (χ2n) is 4.63. The van der Waals surface area contributed by atoms with Crippen LogP contribution in [-0.2, 0) is 4.74 Å². The van der Waals surface area contributed by atoms with Crippen LogP contribution in [-0.4, -0.2) is 19.3 Å². The smallest absolute Gasteiger partial charge is 0.0468 e. The van der Waals surface area contributed by atoms with E-state index >= 15 is 0 Å². The van der Waals surface area contributed by atoms with E-state index < -0.39 is 0 Å². The lowest BCUT2D eigenvalue weighted by Gasteiger charge is -2.23. The van der Waals surface area contributed by atoms with E-state index in [1.807, 2.05) is 0 Å². The van der Waals surface area contributed by atoms with E-state index in [1.54, 1.807) is 0 Å². The first-order chi connectivity index (χ1) is 6.36. The van der Waals surface area contributed by atoms with Crippen molar-refractivity contribution in [2.24, 2.45) is 17.6 Å². The average molecular weight is 183 g/mol. The van der Waals surface area contributed by atoms with Gasteiger partial charge in [-0.1, -0.05) is 0 Å². The van der Waals surface area contributed by atoms with Gasteiger partial charge in [0.15, 0.2) is 0 Å². The molecule has 13 heavy (non-hydrogen) atoms. The van der Waals surface area contributed by atoms with Gasteiger partial charge in [-0.2, -0.15) is 0 Å². The van der Waals surface area contributed by atoms with E-state index in [0.29, 0.717) is 6.04 Å². The van der Waals surface area contributed by atoms with Gasteiger partial charge in [-0.25, -0.2) is 0 Å². The number of rotatable bonds is 4. The first-order valence-electron chi connectivity index (χ1n) is 5.69. The molecule has 0 aromatic carbocycles. The molecule has 0 aromatic heterocycles. The molecule has 0 spiro atoms. The topological polar surface area (TPSA) is 35.2 Å². The Balaban J connectivity index is 1.60. The molecule has 1 unspecified atom stereocenters. The van der Waals surface area contributed by atoms with Crippen LogP contribution in [0.4, 0.5) is 0 Å². The quantitative estimate of drug-likeness (QED) is 0.723. The van der Waals surface area contributed by atoms with Crippen molar-refractivity contribution in [3.05, 3.63) is 0 Å². The highest BCUT2D eigenvalue weighted by molar-refractivity contribution is 4.84. The van der Waals surface area contributed by atoms with Gasteiger partial charge in [0.1, 0.15) is 0 Å². The highest BCUT2D eigenvalue weighted by Crippen LogP contribution is 2.34. The second-order valence-corrected chi connectivity index (χ2v) is 4.63. The van der Waals surface area contributed by atoms with Crippen molar-refractivity contribution in [1.82, 2.24) is 0 Å². The van der Waals surface area contributed by atoms with Gasteiger partial charge >= 0.3 is 0 Å². The SMILES string of the molecule is NC(CCC1CCOCC1)C1CC1. The number of hydrogen-bond acceptors (Lipinski definition) is 2. The number of nitrogens with two attached hydrogens (primary N) is 1. The summed E-state index contributed by atoms with van der Waals surface area (Å²) in [5, 5.41) is 0. The minimum atomic E-state index is 0.503. The molecule has 2 N–H and O–H groups in total. The lowest BCUT2D eigenvalue weighted by atomic mass is 9.92. The van der Waals surface area contributed by atoms with Crippen LogP contribution in [0.1, 0.15) is 38.5 Å². The summed E-state index contributed by atoms with van der Waals surface area (Å²) < 4.78 is 5.34.